The zero-order valence-corrected chi connectivity index (χ0v) is 10.7. The Balaban J connectivity index is 2.04. The van der Waals surface area contributed by atoms with E-state index in [2.05, 4.69) is 10.1 Å². The number of hydrogen-bond donors (Lipinski definition) is 0. The van der Waals surface area contributed by atoms with Gasteiger partial charge in [-0.2, -0.15) is 0 Å². The fourth-order valence-electron chi connectivity index (χ4n) is 1.85. The molecule has 0 aliphatic rings. The molecule has 96 valence electrons. The summed E-state index contributed by atoms with van der Waals surface area (Å²) >= 11 is 0. The number of nitrogens with zero attached hydrogens (tertiary/aromatic N) is 3. The Kier molecular flexibility index (Phi) is 2.79. The zero-order valence-electron chi connectivity index (χ0n) is 10.7. The van der Waals surface area contributed by atoms with Crippen LogP contribution in [0.1, 0.15) is 0 Å². The molecule has 0 saturated heterocycles. The molecule has 0 atom stereocenters. The third kappa shape index (κ3) is 2.10. The van der Waals surface area contributed by atoms with Crippen LogP contribution in [0.25, 0.3) is 17.0 Å². The van der Waals surface area contributed by atoms with Crippen LogP contribution in [0, 0.1) is 0 Å². The normalized spacial score (nSPS) is 10.6. The minimum atomic E-state index is 0.677. The highest BCUT2D eigenvalue weighted by Gasteiger charge is 2.07. The average Bonchev–Trinajstić information content (AvgIpc) is 2.90. The highest BCUT2D eigenvalue weighted by molar-refractivity contribution is 5.59. The van der Waals surface area contributed by atoms with Gasteiger partial charge in [0.15, 0.2) is 11.5 Å². The first-order chi connectivity index (χ1) is 9.30. The maximum absolute atomic E-state index is 5.16. The SMILES string of the molecule is COc1ccc(-c2nc3ccc(OC)cn3n2)cc1. The summed E-state index contributed by atoms with van der Waals surface area (Å²) in [7, 11) is 3.27. The van der Waals surface area contributed by atoms with Crippen LogP contribution in [0.3, 0.4) is 0 Å². The maximum Gasteiger partial charge on any atom is 0.182 e. The monoisotopic (exact) mass is 255 g/mol. The second-order valence-electron chi connectivity index (χ2n) is 4.04. The van der Waals surface area contributed by atoms with Crippen molar-refractivity contribution >= 4 is 5.65 Å². The second-order valence-corrected chi connectivity index (χ2v) is 4.04. The predicted octanol–water partition coefficient (Wildman–Crippen LogP) is 2.41. The Morgan fingerprint density at radius 3 is 2.26 bits per heavy atom. The van der Waals surface area contributed by atoms with Crippen molar-refractivity contribution < 1.29 is 9.47 Å². The van der Waals surface area contributed by atoms with Crippen molar-refractivity contribution in [3.8, 4) is 22.9 Å². The smallest absolute Gasteiger partial charge is 0.182 e. The van der Waals surface area contributed by atoms with Crippen molar-refractivity contribution in [1.29, 1.82) is 0 Å². The van der Waals surface area contributed by atoms with Gasteiger partial charge in [-0.15, -0.1) is 5.10 Å². The summed E-state index contributed by atoms with van der Waals surface area (Å²) in [5.74, 6) is 2.24. The average molecular weight is 255 g/mol. The molecule has 0 radical (unpaired) electrons. The summed E-state index contributed by atoms with van der Waals surface area (Å²) in [5, 5.41) is 4.43. The Morgan fingerprint density at radius 2 is 1.58 bits per heavy atom. The molecule has 2 heterocycles. The Labute approximate surface area is 110 Å². The van der Waals surface area contributed by atoms with E-state index in [1.807, 2.05) is 36.4 Å². The van der Waals surface area contributed by atoms with Crippen LogP contribution in [0.2, 0.25) is 0 Å². The van der Waals surface area contributed by atoms with Gasteiger partial charge in [-0.3, -0.25) is 0 Å². The number of benzene rings is 1. The lowest BCUT2D eigenvalue weighted by Crippen LogP contribution is -1.90. The number of hydrogen-bond acceptors (Lipinski definition) is 4. The summed E-state index contributed by atoms with van der Waals surface area (Å²) in [6, 6.07) is 11.4. The molecule has 5 nitrogen and oxygen atoms in total. The number of fused-ring (bicyclic) bond motifs is 1. The molecule has 3 aromatic rings. The van der Waals surface area contributed by atoms with Gasteiger partial charge in [-0.05, 0) is 36.4 Å². The van der Waals surface area contributed by atoms with Gasteiger partial charge in [0.1, 0.15) is 11.5 Å². The van der Waals surface area contributed by atoms with Gasteiger partial charge < -0.3 is 9.47 Å². The van der Waals surface area contributed by atoms with Crippen LogP contribution in [0.5, 0.6) is 11.5 Å². The lowest BCUT2D eigenvalue weighted by Gasteiger charge is -1.99. The number of methoxy groups -OCH3 is 2. The van der Waals surface area contributed by atoms with Gasteiger partial charge in [-0.25, -0.2) is 9.50 Å². The van der Waals surface area contributed by atoms with E-state index in [-0.39, 0.29) is 0 Å². The summed E-state index contributed by atoms with van der Waals surface area (Å²) in [6.07, 6.45) is 1.80. The van der Waals surface area contributed by atoms with Crippen LogP contribution in [-0.2, 0) is 0 Å². The number of pyridine rings is 1. The quantitative estimate of drug-likeness (QED) is 0.721. The van der Waals surface area contributed by atoms with E-state index >= 15 is 0 Å². The summed E-state index contributed by atoms with van der Waals surface area (Å²) in [6.45, 7) is 0. The number of aromatic nitrogens is 3. The first-order valence-electron chi connectivity index (χ1n) is 5.85. The van der Waals surface area contributed by atoms with Crippen molar-refractivity contribution in [2.45, 2.75) is 0 Å². The fourth-order valence-corrected chi connectivity index (χ4v) is 1.85. The van der Waals surface area contributed by atoms with E-state index in [1.165, 1.54) is 0 Å². The molecule has 19 heavy (non-hydrogen) atoms. The Morgan fingerprint density at radius 1 is 0.895 bits per heavy atom. The van der Waals surface area contributed by atoms with Crippen molar-refractivity contribution in [2.75, 3.05) is 14.2 Å². The van der Waals surface area contributed by atoms with Gasteiger partial charge in [0, 0.05) is 5.56 Å². The molecular weight excluding hydrogens is 242 g/mol. The molecule has 0 spiro atoms. The molecule has 5 heteroatoms. The van der Waals surface area contributed by atoms with Crippen LogP contribution in [-0.4, -0.2) is 28.8 Å². The van der Waals surface area contributed by atoms with Gasteiger partial charge in [0.2, 0.25) is 0 Å². The van der Waals surface area contributed by atoms with Crippen LogP contribution in [0.4, 0.5) is 0 Å². The predicted molar refractivity (Wildman–Crippen MR) is 71.5 cm³/mol. The van der Waals surface area contributed by atoms with Crippen LogP contribution < -0.4 is 9.47 Å². The molecule has 0 aliphatic carbocycles. The first kappa shape index (κ1) is 11.5. The minimum absolute atomic E-state index is 0.677. The molecule has 2 aromatic heterocycles. The molecule has 0 unspecified atom stereocenters. The molecule has 0 aliphatic heterocycles. The first-order valence-corrected chi connectivity index (χ1v) is 5.85. The minimum Gasteiger partial charge on any atom is -0.497 e. The van der Waals surface area contributed by atoms with E-state index in [0.29, 0.717) is 5.82 Å². The van der Waals surface area contributed by atoms with E-state index < -0.39 is 0 Å². The van der Waals surface area contributed by atoms with Crippen molar-refractivity contribution in [3.63, 3.8) is 0 Å². The molecule has 0 N–H and O–H groups in total. The van der Waals surface area contributed by atoms with E-state index in [1.54, 1.807) is 24.9 Å². The lowest BCUT2D eigenvalue weighted by atomic mass is 10.2. The molecule has 3 rings (SSSR count). The van der Waals surface area contributed by atoms with Crippen molar-refractivity contribution in [2.24, 2.45) is 0 Å². The molecule has 0 saturated carbocycles. The van der Waals surface area contributed by atoms with Crippen molar-refractivity contribution in [3.05, 3.63) is 42.6 Å². The van der Waals surface area contributed by atoms with Gasteiger partial charge in [0.25, 0.3) is 0 Å². The van der Waals surface area contributed by atoms with E-state index in [9.17, 15) is 0 Å². The third-order valence-corrected chi connectivity index (χ3v) is 2.89. The van der Waals surface area contributed by atoms with Gasteiger partial charge in [-0.1, -0.05) is 0 Å². The molecule has 0 fully saturated rings. The second kappa shape index (κ2) is 4.61. The summed E-state index contributed by atoms with van der Waals surface area (Å²) in [5.41, 5.74) is 1.73. The molecular formula is C14H13N3O2. The number of ether oxygens (including phenoxy) is 2. The Hall–Kier alpha value is -2.56. The lowest BCUT2D eigenvalue weighted by molar-refractivity contribution is 0.411. The highest BCUT2D eigenvalue weighted by Crippen LogP contribution is 2.21. The van der Waals surface area contributed by atoms with E-state index in [4.69, 9.17) is 9.47 Å². The molecule has 0 amide bonds. The maximum atomic E-state index is 5.16. The topological polar surface area (TPSA) is 48.7 Å². The fraction of sp³-hybridized carbons (Fsp3) is 0.143. The highest BCUT2D eigenvalue weighted by atomic mass is 16.5. The zero-order chi connectivity index (χ0) is 13.2. The summed E-state index contributed by atoms with van der Waals surface area (Å²) < 4.78 is 12.0. The van der Waals surface area contributed by atoms with Gasteiger partial charge in [0.05, 0.1) is 20.4 Å². The van der Waals surface area contributed by atoms with E-state index in [0.717, 1.165) is 22.7 Å². The van der Waals surface area contributed by atoms with Crippen LogP contribution in [0.15, 0.2) is 42.6 Å². The third-order valence-electron chi connectivity index (χ3n) is 2.89. The molecule has 1 aromatic carbocycles. The largest absolute Gasteiger partial charge is 0.497 e. The molecule has 0 bridgehead atoms. The Bertz CT molecular complexity index is 704. The summed E-state index contributed by atoms with van der Waals surface area (Å²) in [4.78, 5) is 4.47. The van der Waals surface area contributed by atoms with Crippen LogP contribution >= 0.6 is 0 Å². The van der Waals surface area contributed by atoms with Crippen molar-refractivity contribution in [1.82, 2.24) is 14.6 Å². The standard InChI is InChI=1S/C14H13N3O2/c1-18-11-5-3-10(4-6-11)14-15-13-8-7-12(19-2)9-17(13)16-14/h3-9H,1-2H3. The number of rotatable bonds is 3. The van der Waals surface area contributed by atoms with Gasteiger partial charge >= 0.3 is 0 Å².